The number of rotatable bonds is 4. The number of hydrogen-bond donors (Lipinski definition) is 1. The number of hydrogen-bond acceptors (Lipinski definition) is 4. The van der Waals surface area contributed by atoms with Crippen LogP contribution in [-0.2, 0) is 4.74 Å². The van der Waals surface area contributed by atoms with Crippen molar-refractivity contribution < 1.29 is 14.6 Å². The Hall–Kier alpha value is -1.10. The molecule has 19 heavy (non-hydrogen) atoms. The minimum absolute atomic E-state index is 0.230. The first-order valence-electron chi connectivity index (χ1n) is 6.78. The number of benzene rings is 1. The van der Waals surface area contributed by atoms with Gasteiger partial charge in [-0.15, -0.1) is 0 Å². The van der Waals surface area contributed by atoms with Gasteiger partial charge in [0.25, 0.3) is 0 Å². The fraction of sp³-hybridized carbons (Fsp3) is 0.600. The second-order valence-electron chi connectivity index (χ2n) is 5.24. The van der Waals surface area contributed by atoms with E-state index in [4.69, 9.17) is 9.47 Å². The van der Waals surface area contributed by atoms with Crippen LogP contribution in [0.2, 0.25) is 0 Å². The molecule has 4 heteroatoms. The molecule has 4 nitrogen and oxygen atoms in total. The lowest BCUT2D eigenvalue weighted by atomic mass is 10.1. The van der Waals surface area contributed by atoms with Gasteiger partial charge in [0.15, 0.2) is 0 Å². The van der Waals surface area contributed by atoms with Crippen LogP contribution in [0.3, 0.4) is 0 Å². The van der Waals surface area contributed by atoms with Crippen LogP contribution in [0.5, 0.6) is 5.75 Å². The maximum absolute atomic E-state index is 10.4. The molecular weight excluding hydrogens is 242 g/mol. The van der Waals surface area contributed by atoms with Crippen molar-refractivity contribution in [3.05, 3.63) is 29.8 Å². The van der Waals surface area contributed by atoms with Gasteiger partial charge in [0.05, 0.1) is 25.9 Å². The highest BCUT2D eigenvalue weighted by molar-refractivity contribution is 5.29. The smallest absolute Gasteiger partial charge is 0.119 e. The first-order chi connectivity index (χ1) is 9.10. The normalized spacial score (nSPS) is 26.1. The molecule has 1 fully saturated rings. The van der Waals surface area contributed by atoms with Crippen LogP contribution in [0.25, 0.3) is 0 Å². The van der Waals surface area contributed by atoms with E-state index < -0.39 is 6.10 Å². The van der Waals surface area contributed by atoms with E-state index in [9.17, 15) is 5.11 Å². The molecule has 0 saturated carbocycles. The van der Waals surface area contributed by atoms with Gasteiger partial charge in [-0.1, -0.05) is 12.1 Å². The monoisotopic (exact) mass is 265 g/mol. The van der Waals surface area contributed by atoms with E-state index in [1.165, 1.54) is 0 Å². The Morgan fingerprint density at radius 2 is 2.26 bits per heavy atom. The van der Waals surface area contributed by atoms with Gasteiger partial charge in [-0.05, 0) is 31.5 Å². The highest BCUT2D eigenvalue weighted by Crippen LogP contribution is 2.22. The summed E-state index contributed by atoms with van der Waals surface area (Å²) in [7, 11) is 1.64. The summed E-state index contributed by atoms with van der Waals surface area (Å²) in [6, 6.07) is 7.95. The van der Waals surface area contributed by atoms with Crippen LogP contribution in [0.4, 0.5) is 0 Å². The second-order valence-corrected chi connectivity index (χ2v) is 5.24. The van der Waals surface area contributed by atoms with E-state index in [2.05, 4.69) is 18.7 Å². The average molecular weight is 265 g/mol. The number of methoxy groups -OCH3 is 1. The molecule has 2 rings (SSSR count). The molecule has 1 aromatic rings. The Morgan fingerprint density at radius 1 is 1.47 bits per heavy atom. The van der Waals surface area contributed by atoms with Gasteiger partial charge in [0.2, 0.25) is 0 Å². The minimum Gasteiger partial charge on any atom is -0.497 e. The molecule has 1 aliphatic rings. The van der Waals surface area contributed by atoms with Crippen molar-refractivity contribution >= 4 is 0 Å². The minimum atomic E-state index is -0.497. The van der Waals surface area contributed by atoms with Gasteiger partial charge in [-0.3, -0.25) is 4.90 Å². The van der Waals surface area contributed by atoms with Gasteiger partial charge in [-0.25, -0.2) is 0 Å². The molecule has 1 heterocycles. The molecule has 0 radical (unpaired) electrons. The molecule has 1 N–H and O–H groups in total. The Balaban J connectivity index is 2.01. The van der Waals surface area contributed by atoms with E-state index in [1.54, 1.807) is 7.11 Å². The Labute approximate surface area is 114 Å². The summed E-state index contributed by atoms with van der Waals surface area (Å²) in [6.07, 6.45) is -0.267. The van der Waals surface area contributed by atoms with Crippen molar-refractivity contribution in [2.75, 3.05) is 26.8 Å². The van der Waals surface area contributed by atoms with Crippen molar-refractivity contribution in [2.45, 2.75) is 32.1 Å². The SMILES string of the molecule is COc1cccc(C(O)CN2CC(C)OCC2C)c1. The van der Waals surface area contributed by atoms with Crippen molar-refractivity contribution in [2.24, 2.45) is 0 Å². The van der Waals surface area contributed by atoms with E-state index in [0.717, 1.165) is 24.5 Å². The lowest BCUT2D eigenvalue weighted by molar-refractivity contribution is -0.0619. The third-order valence-electron chi connectivity index (χ3n) is 3.62. The second kappa shape index (κ2) is 6.37. The van der Waals surface area contributed by atoms with Gasteiger partial charge in [-0.2, -0.15) is 0 Å². The molecular formula is C15H23NO3. The fourth-order valence-electron chi connectivity index (χ4n) is 2.40. The van der Waals surface area contributed by atoms with E-state index >= 15 is 0 Å². The highest BCUT2D eigenvalue weighted by Gasteiger charge is 2.25. The zero-order valence-electron chi connectivity index (χ0n) is 11.9. The molecule has 1 aromatic carbocycles. The summed E-state index contributed by atoms with van der Waals surface area (Å²) < 4.78 is 10.8. The van der Waals surface area contributed by atoms with Crippen molar-refractivity contribution in [3.63, 3.8) is 0 Å². The maximum Gasteiger partial charge on any atom is 0.119 e. The molecule has 0 bridgehead atoms. The van der Waals surface area contributed by atoms with Crippen LogP contribution in [0.15, 0.2) is 24.3 Å². The van der Waals surface area contributed by atoms with Gasteiger partial charge >= 0.3 is 0 Å². The van der Waals surface area contributed by atoms with Crippen LogP contribution in [-0.4, -0.2) is 49.0 Å². The third-order valence-corrected chi connectivity index (χ3v) is 3.62. The van der Waals surface area contributed by atoms with Crippen molar-refractivity contribution in [1.29, 1.82) is 0 Å². The lowest BCUT2D eigenvalue weighted by Gasteiger charge is -2.37. The van der Waals surface area contributed by atoms with Gasteiger partial charge in [0.1, 0.15) is 5.75 Å². The lowest BCUT2D eigenvalue weighted by Crippen LogP contribution is -2.48. The summed E-state index contributed by atoms with van der Waals surface area (Å²) in [5.41, 5.74) is 0.894. The maximum atomic E-state index is 10.4. The highest BCUT2D eigenvalue weighted by atomic mass is 16.5. The van der Waals surface area contributed by atoms with E-state index in [0.29, 0.717) is 12.6 Å². The summed E-state index contributed by atoms with van der Waals surface area (Å²) >= 11 is 0. The molecule has 0 aliphatic carbocycles. The zero-order valence-corrected chi connectivity index (χ0v) is 11.9. The molecule has 0 amide bonds. The molecule has 1 aliphatic heterocycles. The van der Waals surface area contributed by atoms with E-state index in [1.807, 2.05) is 24.3 Å². The van der Waals surface area contributed by atoms with E-state index in [-0.39, 0.29) is 6.10 Å². The molecule has 3 atom stereocenters. The third kappa shape index (κ3) is 3.69. The Bertz CT molecular complexity index is 410. The van der Waals surface area contributed by atoms with Gasteiger partial charge in [0, 0.05) is 19.1 Å². The predicted octanol–water partition coefficient (Wildman–Crippen LogP) is 1.84. The molecule has 106 valence electrons. The first-order valence-corrected chi connectivity index (χ1v) is 6.78. The first kappa shape index (κ1) is 14.3. The zero-order chi connectivity index (χ0) is 13.8. The molecule has 1 saturated heterocycles. The Kier molecular flexibility index (Phi) is 4.80. The molecule has 3 unspecified atom stereocenters. The topological polar surface area (TPSA) is 41.9 Å². The van der Waals surface area contributed by atoms with Crippen molar-refractivity contribution in [3.8, 4) is 5.75 Å². The van der Waals surface area contributed by atoms with Gasteiger partial charge < -0.3 is 14.6 Å². The molecule has 0 spiro atoms. The largest absolute Gasteiger partial charge is 0.497 e. The predicted molar refractivity (Wildman–Crippen MR) is 74.4 cm³/mol. The number of nitrogens with zero attached hydrogens (tertiary/aromatic N) is 1. The standard InChI is InChI=1S/C15H23NO3/c1-11-10-19-12(2)8-16(11)9-15(17)13-5-4-6-14(7-13)18-3/h4-7,11-12,15,17H,8-10H2,1-3H3. The van der Waals surface area contributed by atoms with Crippen LogP contribution in [0.1, 0.15) is 25.5 Å². The Morgan fingerprint density at radius 3 is 3.00 bits per heavy atom. The van der Waals surface area contributed by atoms with Crippen molar-refractivity contribution in [1.82, 2.24) is 4.90 Å². The number of aliphatic hydroxyl groups excluding tert-OH is 1. The number of ether oxygens (including phenoxy) is 2. The number of morpholine rings is 1. The summed E-state index contributed by atoms with van der Waals surface area (Å²) in [4.78, 5) is 2.28. The summed E-state index contributed by atoms with van der Waals surface area (Å²) in [5, 5.41) is 10.4. The van der Waals surface area contributed by atoms with Crippen LogP contribution < -0.4 is 4.74 Å². The fourth-order valence-corrected chi connectivity index (χ4v) is 2.40. The van der Waals surface area contributed by atoms with Crippen LogP contribution >= 0.6 is 0 Å². The average Bonchev–Trinajstić information content (AvgIpc) is 2.43. The van der Waals surface area contributed by atoms with Crippen LogP contribution in [0, 0.1) is 0 Å². The quantitative estimate of drug-likeness (QED) is 0.902. The number of aliphatic hydroxyl groups is 1. The summed E-state index contributed by atoms with van der Waals surface area (Å²) in [5.74, 6) is 0.778. The summed E-state index contributed by atoms with van der Waals surface area (Å²) in [6.45, 7) is 6.41. The molecule has 0 aromatic heterocycles. The number of β-amino-alcohol motifs (C(OH)–C–C–N with tert-alkyl or cyclic N) is 1.